The van der Waals surface area contributed by atoms with Gasteiger partial charge in [0.15, 0.2) is 0 Å². The Kier molecular flexibility index (Phi) is 2.84. The lowest BCUT2D eigenvalue weighted by molar-refractivity contribution is 0.544. The number of halogens is 2. The lowest BCUT2D eigenvalue weighted by Crippen LogP contribution is -2.21. The Hall–Kier alpha value is -0.810. The summed E-state index contributed by atoms with van der Waals surface area (Å²) in [6.07, 6.45) is 0. The average molecular weight is 231 g/mol. The van der Waals surface area contributed by atoms with Gasteiger partial charge in [0.1, 0.15) is 11.6 Å². The Morgan fingerprint density at radius 2 is 2.27 bits per heavy atom. The Labute approximate surface area is 89.1 Å². The van der Waals surface area contributed by atoms with Gasteiger partial charge in [0, 0.05) is 17.9 Å². The van der Waals surface area contributed by atoms with Crippen molar-refractivity contribution in [2.75, 3.05) is 12.3 Å². The molecule has 1 aliphatic heterocycles. The fourth-order valence-corrected chi connectivity index (χ4v) is 3.33. The zero-order valence-electron chi connectivity index (χ0n) is 8.22. The number of hydrogen-bond acceptors (Lipinski definition) is 2. The molecule has 1 aromatic rings. The fourth-order valence-electron chi connectivity index (χ4n) is 1.82. The van der Waals surface area contributed by atoms with E-state index < -0.39 is 22.4 Å². The van der Waals surface area contributed by atoms with Crippen LogP contribution in [0.1, 0.15) is 18.5 Å². The van der Waals surface area contributed by atoms with Crippen LogP contribution in [0.2, 0.25) is 0 Å². The highest BCUT2D eigenvalue weighted by molar-refractivity contribution is 7.85. The van der Waals surface area contributed by atoms with Crippen molar-refractivity contribution in [1.29, 1.82) is 0 Å². The maximum absolute atomic E-state index is 13.4. The number of rotatable bonds is 2. The molecule has 0 amide bonds. The van der Waals surface area contributed by atoms with Gasteiger partial charge < -0.3 is 5.32 Å². The first-order valence-electron chi connectivity index (χ1n) is 4.74. The summed E-state index contributed by atoms with van der Waals surface area (Å²) < 4.78 is 37.9. The molecule has 1 N–H and O–H groups in total. The summed E-state index contributed by atoms with van der Waals surface area (Å²) in [6.45, 7) is 2.58. The lowest BCUT2D eigenvalue weighted by atomic mass is 10.1. The van der Waals surface area contributed by atoms with Crippen molar-refractivity contribution >= 4 is 10.8 Å². The third-order valence-corrected chi connectivity index (χ3v) is 3.93. The van der Waals surface area contributed by atoms with Gasteiger partial charge in [-0.2, -0.15) is 0 Å². The van der Waals surface area contributed by atoms with Gasteiger partial charge in [-0.3, -0.25) is 4.21 Å². The third kappa shape index (κ3) is 1.81. The minimum absolute atomic E-state index is 0.155. The first kappa shape index (κ1) is 10.7. The van der Waals surface area contributed by atoms with Crippen molar-refractivity contribution in [3.8, 4) is 0 Å². The van der Waals surface area contributed by atoms with E-state index in [2.05, 4.69) is 5.32 Å². The van der Waals surface area contributed by atoms with Gasteiger partial charge in [0.2, 0.25) is 0 Å². The predicted molar refractivity (Wildman–Crippen MR) is 54.1 cm³/mol. The molecule has 0 saturated carbocycles. The highest BCUT2D eigenvalue weighted by Gasteiger charge is 2.31. The van der Waals surface area contributed by atoms with Crippen LogP contribution in [-0.4, -0.2) is 16.5 Å². The van der Waals surface area contributed by atoms with Crippen molar-refractivity contribution in [2.45, 2.75) is 17.9 Å². The summed E-state index contributed by atoms with van der Waals surface area (Å²) in [5.74, 6) is -0.999. The minimum atomic E-state index is -1.35. The Morgan fingerprint density at radius 1 is 1.53 bits per heavy atom. The Balaban J connectivity index is 2.50. The molecule has 0 spiro atoms. The van der Waals surface area contributed by atoms with E-state index in [1.807, 2.05) is 6.92 Å². The normalized spacial score (nSPS) is 24.2. The van der Waals surface area contributed by atoms with Crippen LogP contribution < -0.4 is 5.32 Å². The van der Waals surface area contributed by atoms with Gasteiger partial charge in [-0.1, -0.05) is 6.92 Å². The molecule has 0 aliphatic carbocycles. The second-order valence-electron chi connectivity index (χ2n) is 3.43. The van der Waals surface area contributed by atoms with Crippen LogP contribution in [0.3, 0.4) is 0 Å². The number of hydrogen-bond donors (Lipinski definition) is 1. The highest BCUT2D eigenvalue weighted by atomic mass is 32.2. The first-order chi connectivity index (χ1) is 7.13. The minimum Gasteiger partial charge on any atom is -0.309 e. The highest BCUT2D eigenvalue weighted by Crippen LogP contribution is 2.33. The number of fused-ring (bicyclic) bond motifs is 1. The van der Waals surface area contributed by atoms with E-state index in [9.17, 15) is 13.0 Å². The van der Waals surface area contributed by atoms with Crippen molar-refractivity contribution in [3.63, 3.8) is 0 Å². The molecular weight excluding hydrogens is 220 g/mol. The maximum atomic E-state index is 13.4. The van der Waals surface area contributed by atoms with Crippen LogP contribution in [0.4, 0.5) is 8.78 Å². The van der Waals surface area contributed by atoms with Crippen LogP contribution in [0.15, 0.2) is 17.0 Å². The summed E-state index contributed by atoms with van der Waals surface area (Å²) >= 11 is 0. The molecule has 15 heavy (non-hydrogen) atoms. The Morgan fingerprint density at radius 3 is 2.93 bits per heavy atom. The van der Waals surface area contributed by atoms with E-state index in [1.165, 1.54) is 6.07 Å². The number of nitrogens with one attached hydrogen (secondary N) is 1. The lowest BCUT2D eigenvalue weighted by Gasteiger charge is -2.10. The molecule has 1 aromatic carbocycles. The Bertz CT molecular complexity index is 422. The summed E-state index contributed by atoms with van der Waals surface area (Å²) in [7, 11) is -1.35. The van der Waals surface area contributed by atoms with E-state index in [-0.39, 0.29) is 10.9 Å². The zero-order valence-corrected chi connectivity index (χ0v) is 9.04. The first-order valence-corrected chi connectivity index (χ1v) is 6.06. The quantitative estimate of drug-likeness (QED) is 0.840. The van der Waals surface area contributed by atoms with Crippen molar-refractivity contribution in [3.05, 3.63) is 29.3 Å². The van der Waals surface area contributed by atoms with Crippen LogP contribution in [-0.2, 0) is 10.8 Å². The molecule has 1 heterocycles. The molecule has 2 rings (SSSR count). The summed E-state index contributed by atoms with van der Waals surface area (Å²) in [5, 5.41) is 3.06. The van der Waals surface area contributed by atoms with Crippen LogP contribution in [0.5, 0.6) is 0 Å². The topological polar surface area (TPSA) is 29.1 Å². The summed E-state index contributed by atoms with van der Waals surface area (Å²) in [5.41, 5.74) is 0.493. The SMILES string of the molecule is CCNC1CS(=O)c2c(F)cc(F)cc21. The molecule has 2 atom stereocenters. The maximum Gasteiger partial charge on any atom is 0.142 e. The van der Waals surface area contributed by atoms with Gasteiger partial charge in [-0.25, -0.2) is 8.78 Å². The fraction of sp³-hybridized carbons (Fsp3) is 0.400. The van der Waals surface area contributed by atoms with Crippen LogP contribution in [0.25, 0.3) is 0 Å². The van der Waals surface area contributed by atoms with Gasteiger partial charge in [0.25, 0.3) is 0 Å². The summed E-state index contributed by atoms with van der Waals surface area (Å²) in [6, 6.07) is 1.85. The standard InChI is InChI=1S/C10H11F2NOS/c1-2-13-9-5-15(14)10-7(9)3-6(11)4-8(10)12/h3-4,9,13H,2,5H2,1H3. The van der Waals surface area contributed by atoms with E-state index in [0.717, 1.165) is 6.07 Å². The van der Waals surface area contributed by atoms with E-state index in [0.29, 0.717) is 17.9 Å². The van der Waals surface area contributed by atoms with Gasteiger partial charge in [-0.05, 0) is 18.2 Å². The second-order valence-corrected chi connectivity index (χ2v) is 4.86. The molecule has 0 saturated heterocycles. The van der Waals surface area contributed by atoms with Gasteiger partial charge in [-0.15, -0.1) is 0 Å². The molecule has 0 radical (unpaired) electrons. The smallest absolute Gasteiger partial charge is 0.142 e. The van der Waals surface area contributed by atoms with Crippen molar-refractivity contribution in [2.24, 2.45) is 0 Å². The molecule has 82 valence electrons. The second kappa shape index (κ2) is 3.98. The molecule has 0 fully saturated rings. The van der Waals surface area contributed by atoms with E-state index in [4.69, 9.17) is 0 Å². The molecular formula is C10H11F2NOS. The van der Waals surface area contributed by atoms with Gasteiger partial charge in [0.05, 0.1) is 15.7 Å². The third-order valence-electron chi connectivity index (χ3n) is 2.41. The van der Waals surface area contributed by atoms with Crippen LogP contribution >= 0.6 is 0 Å². The number of benzene rings is 1. The predicted octanol–water partition coefficient (Wildman–Crippen LogP) is 1.74. The monoisotopic (exact) mass is 231 g/mol. The largest absolute Gasteiger partial charge is 0.309 e. The molecule has 0 aromatic heterocycles. The summed E-state index contributed by atoms with van der Waals surface area (Å²) in [4.78, 5) is 0.155. The van der Waals surface area contributed by atoms with E-state index in [1.54, 1.807) is 0 Å². The van der Waals surface area contributed by atoms with Gasteiger partial charge >= 0.3 is 0 Å². The van der Waals surface area contributed by atoms with E-state index >= 15 is 0 Å². The molecule has 5 heteroatoms. The zero-order chi connectivity index (χ0) is 11.0. The molecule has 1 aliphatic rings. The molecule has 2 unspecified atom stereocenters. The molecule has 0 bridgehead atoms. The van der Waals surface area contributed by atoms with Crippen molar-refractivity contribution < 1.29 is 13.0 Å². The molecule has 2 nitrogen and oxygen atoms in total. The van der Waals surface area contributed by atoms with Crippen molar-refractivity contribution in [1.82, 2.24) is 5.32 Å². The average Bonchev–Trinajstić information content (AvgIpc) is 2.43. The van der Waals surface area contributed by atoms with Crippen LogP contribution in [0, 0.1) is 11.6 Å².